The second-order valence-corrected chi connectivity index (χ2v) is 11.7. The zero-order chi connectivity index (χ0) is 32.3. The molecule has 5 N–H and O–H groups in total. The number of aromatic amines is 1. The van der Waals surface area contributed by atoms with Crippen molar-refractivity contribution in [3.8, 4) is 11.8 Å². The van der Waals surface area contributed by atoms with Gasteiger partial charge in [0.05, 0.1) is 18.8 Å². The molecule has 2 heterocycles. The monoisotopic (exact) mass is 623 g/mol. The Kier molecular flexibility index (Phi) is 11.2. The van der Waals surface area contributed by atoms with E-state index in [2.05, 4.69) is 43.1 Å². The molecule has 0 bridgehead atoms. The van der Waals surface area contributed by atoms with Crippen molar-refractivity contribution in [1.29, 1.82) is 0 Å². The van der Waals surface area contributed by atoms with Crippen LogP contribution in [0.1, 0.15) is 79.7 Å². The molecule has 2 fully saturated rings. The number of rotatable bonds is 13. The summed E-state index contributed by atoms with van der Waals surface area (Å²) in [4.78, 5) is 59.1. The molecule has 11 nitrogen and oxygen atoms in total. The molecule has 2 aromatic carbocycles. The summed E-state index contributed by atoms with van der Waals surface area (Å²) in [7, 11) is 1.76. The first kappa shape index (κ1) is 32.4. The van der Waals surface area contributed by atoms with Crippen LogP contribution in [-0.4, -0.2) is 65.2 Å². The van der Waals surface area contributed by atoms with Gasteiger partial charge in [-0.25, -0.2) is 4.98 Å². The van der Waals surface area contributed by atoms with Gasteiger partial charge >= 0.3 is 0 Å². The van der Waals surface area contributed by atoms with Crippen molar-refractivity contribution >= 4 is 29.3 Å². The van der Waals surface area contributed by atoms with Crippen LogP contribution < -0.4 is 21.3 Å². The molecule has 11 heteroatoms. The number of amides is 4. The van der Waals surface area contributed by atoms with Crippen LogP contribution in [0.4, 0.5) is 5.69 Å². The number of carbonyl (C=O) groups excluding carboxylic acids is 4. The highest BCUT2D eigenvalue weighted by Crippen LogP contribution is 2.31. The van der Waals surface area contributed by atoms with E-state index in [4.69, 9.17) is 0 Å². The molecule has 1 saturated carbocycles. The van der Waals surface area contributed by atoms with Gasteiger partial charge in [0.25, 0.3) is 0 Å². The molecule has 5 rings (SSSR count). The third-order valence-corrected chi connectivity index (χ3v) is 8.17. The van der Waals surface area contributed by atoms with Crippen molar-refractivity contribution in [2.24, 2.45) is 5.92 Å². The number of nitrogens with one attached hydrogen (secondary N) is 5. The lowest BCUT2D eigenvalue weighted by Gasteiger charge is -2.23. The number of benzene rings is 2. The molecule has 4 amide bonds. The molecule has 240 valence electrons. The first-order valence-corrected chi connectivity index (χ1v) is 15.9. The predicted octanol–water partition coefficient (Wildman–Crippen LogP) is 3.18. The van der Waals surface area contributed by atoms with Crippen molar-refractivity contribution in [2.45, 2.75) is 57.0 Å². The van der Waals surface area contributed by atoms with Crippen LogP contribution >= 0.6 is 0 Å². The van der Waals surface area contributed by atoms with E-state index in [1.165, 1.54) is 0 Å². The van der Waals surface area contributed by atoms with Crippen LogP contribution in [0, 0.1) is 17.8 Å². The third-order valence-electron chi connectivity index (χ3n) is 8.17. The number of hydrogen-bond donors (Lipinski definition) is 5. The lowest BCUT2D eigenvalue weighted by Crippen LogP contribution is -2.40. The quantitative estimate of drug-likeness (QED) is 0.146. The summed E-state index contributed by atoms with van der Waals surface area (Å²) in [5.41, 5.74) is 3.02. The van der Waals surface area contributed by atoms with E-state index < -0.39 is 6.04 Å². The smallest absolute Gasteiger partial charge is 0.242 e. The first-order valence-electron chi connectivity index (χ1n) is 15.9. The largest absolute Gasteiger partial charge is 0.354 e. The second kappa shape index (κ2) is 15.9. The van der Waals surface area contributed by atoms with Crippen LogP contribution in [0.3, 0.4) is 0 Å². The molecule has 2 unspecified atom stereocenters. The van der Waals surface area contributed by atoms with Crippen LogP contribution in [0.25, 0.3) is 0 Å². The molecule has 3 aromatic rings. The van der Waals surface area contributed by atoms with E-state index in [1.807, 2.05) is 54.6 Å². The molecule has 1 aliphatic carbocycles. The highest BCUT2D eigenvalue weighted by molar-refractivity contribution is 5.90. The Labute approximate surface area is 269 Å². The number of H-pyrrole nitrogens is 1. The third kappa shape index (κ3) is 9.05. The Bertz CT molecular complexity index is 1570. The Morgan fingerprint density at radius 3 is 2.50 bits per heavy atom. The number of likely N-dealkylation sites (N-methyl/N-ethyl adjacent to an activating group) is 1. The van der Waals surface area contributed by atoms with Gasteiger partial charge in [0.1, 0.15) is 17.6 Å². The molecule has 1 saturated heterocycles. The number of imidazole rings is 1. The van der Waals surface area contributed by atoms with Crippen molar-refractivity contribution in [3.05, 3.63) is 83.4 Å². The van der Waals surface area contributed by atoms with E-state index in [0.717, 1.165) is 36.8 Å². The van der Waals surface area contributed by atoms with E-state index in [1.54, 1.807) is 18.1 Å². The molecule has 0 radical (unpaired) electrons. The van der Waals surface area contributed by atoms with Crippen LogP contribution in [0.15, 0.2) is 60.8 Å². The van der Waals surface area contributed by atoms with Crippen molar-refractivity contribution in [2.75, 3.05) is 32.0 Å². The van der Waals surface area contributed by atoms with Crippen LogP contribution in [0.2, 0.25) is 0 Å². The van der Waals surface area contributed by atoms with Gasteiger partial charge in [0.15, 0.2) is 0 Å². The van der Waals surface area contributed by atoms with Gasteiger partial charge in [0, 0.05) is 36.7 Å². The summed E-state index contributed by atoms with van der Waals surface area (Å²) in [6.07, 6.45) is 6.86. The first-order chi connectivity index (χ1) is 22.4. The summed E-state index contributed by atoms with van der Waals surface area (Å²) in [5, 5.41) is 11.6. The maximum atomic E-state index is 12.8. The minimum absolute atomic E-state index is 0.0163. The van der Waals surface area contributed by atoms with Crippen molar-refractivity contribution < 1.29 is 19.2 Å². The average molecular weight is 624 g/mol. The number of anilines is 1. The molecule has 46 heavy (non-hydrogen) atoms. The summed E-state index contributed by atoms with van der Waals surface area (Å²) in [5.74, 6) is 6.65. The standard InChI is InChI=1S/C35H41N7O4/c1-36-32(25-8-3-2-4-9-25)35(46)37-20-6-5-11-30(43)40-27-17-12-24(13-18-27)14-19-28-22-38-33(41-28)29-10-7-21-42(29)31(44)23-39-34(45)26-15-16-26/h2-4,8-9,12-13,17-18,22,26,29,32,36H,5-7,10-11,15-16,20-21,23H2,1H3,(H,37,46)(H,38,41)(H,39,45)(H,40,43). The van der Waals surface area contributed by atoms with E-state index >= 15 is 0 Å². The molecular formula is C35H41N7O4. The average Bonchev–Trinajstić information content (AvgIpc) is 3.62. The fourth-order valence-corrected chi connectivity index (χ4v) is 5.49. The number of aromatic nitrogens is 2. The van der Waals surface area contributed by atoms with E-state index in [-0.39, 0.29) is 42.1 Å². The molecular weight excluding hydrogens is 582 g/mol. The summed E-state index contributed by atoms with van der Waals surface area (Å²) in [6, 6.07) is 16.3. The SMILES string of the molecule is CNC(C(=O)NCCCCC(=O)Nc1ccc(C#Cc2cnc(C3CCCN3C(=O)CNC(=O)C3CC3)[nH]2)cc1)c1ccccc1. The van der Waals surface area contributed by atoms with Gasteiger partial charge in [-0.2, -0.15) is 0 Å². The minimum Gasteiger partial charge on any atom is -0.354 e. The summed E-state index contributed by atoms with van der Waals surface area (Å²) >= 11 is 0. The fraction of sp³-hybridized carbons (Fsp3) is 0.400. The molecule has 1 aliphatic heterocycles. The molecule has 2 aliphatic rings. The zero-order valence-electron chi connectivity index (χ0n) is 26.1. The van der Waals surface area contributed by atoms with Gasteiger partial charge in [-0.3, -0.25) is 19.2 Å². The zero-order valence-corrected chi connectivity index (χ0v) is 26.1. The van der Waals surface area contributed by atoms with Gasteiger partial charge < -0.3 is 31.2 Å². The number of hydrogen-bond acceptors (Lipinski definition) is 6. The maximum absolute atomic E-state index is 12.8. The molecule has 1 aromatic heterocycles. The fourth-order valence-electron chi connectivity index (χ4n) is 5.49. The number of unbranched alkanes of at least 4 members (excludes halogenated alkanes) is 1. The lowest BCUT2D eigenvalue weighted by atomic mass is 10.1. The Balaban J connectivity index is 1.02. The minimum atomic E-state index is -0.410. The van der Waals surface area contributed by atoms with E-state index in [0.29, 0.717) is 49.6 Å². The van der Waals surface area contributed by atoms with Crippen LogP contribution in [0.5, 0.6) is 0 Å². The normalized spacial score (nSPS) is 16.2. The van der Waals surface area contributed by atoms with Crippen molar-refractivity contribution in [3.63, 3.8) is 0 Å². The molecule has 2 atom stereocenters. The van der Waals surface area contributed by atoms with Gasteiger partial charge in [-0.15, -0.1) is 0 Å². The maximum Gasteiger partial charge on any atom is 0.242 e. The Morgan fingerprint density at radius 1 is 0.978 bits per heavy atom. The van der Waals surface area contributed by atoms with Gasteiger partial charge in [0.2, 0.25) is 23.6 Å². The predicted molar refractivity (Wildman–Crippen MR) is 174 cm³/mol. The number of carbonyl (C=O) groups is 4. The summed E-state index contributed by atoms with van der Waals surface area (Å²) < 4.78 is 0. The van der Waals surface area contributed by atoms with Crippen molar-refractivity contribution in [1.82, 2.24) is 30.8 Å². The van der Waals surface area contributed by atoms with Gasteiger partial charge in [-0.05, 0) is 81.3 Å². The highest BCUT2D eigenvalue weighted by atomic mass is 16.2. The second-order valence-electron chi connectivity index (χ2n) is 11.7. The van der Waals surface area contributed by atoms with Crippen LogP contribution in [-0.2, 0) is 19.2 Å². The Hall–Kier alpha value is -4.95. The van der Waals surface area contributed by atoms with Gasteiger partial charge in [-0.1, -0.05) is 36.3 Å². The molecule has 0 spiro atoms. The number of nitrogens with zero attached hydrogens (tertiary/aromatic N) is 2. The summed E-state index contributed by atoms with van der Waals surface area (Å²) in [6.45, 7) is 1.15. The number of likely N-dealkylation sites (tertiary alicyclic amines) is 1. The Morgan fingerprint density at radius 2 is 1.76 bits per heavy atom. The lowest BCUT2D eigenvalue weighted by molar-refractivity contribution is -0.134. The van der Waals surface area contributed by atoms with E-state index in [9.17, 15) is 19.2 Å². The topological polar surface area (TPSA) is 148 Å². The highest BCUT2D eigenvalue weighted by Gasteiger charge is 2.33.